The van der Waals surface area contributed by atoms with Crippen molar-refractivity contribution in [3.8, 4) is 0 Å². The summed E-state index contributed by atoms with van der Waals surface area (Å²) in [6.45, 7) is 14.0. The molecule has 0 atom stereocenters. The maximum atomic E-state index is 10.6. The van der Waals surface area contributed by atoms with E-state index in [4.69, 9.17) is 9.79 Å². The topological polar surface area (TPSA) is 66.8 Å². The normalized spacial score (nSPS) is 14.6. The van der Waals surface area contributed by atoms with Crippen LogP contribution in [0.2, 0.25) is 44.4 Å². The molecule has 98 valence electrons. The molecule has 0 aliphatic heterocycles. The minimum Gasteiger partial charge on any atom is -0.303 e. The second-order valence-electron chi connectivity index (χ2n) is 6.40. The first-order valence-electron chi connectivity index (χ1n) is 5.54. The summed E-state index contributed by atoms with van der Waals surface area (Å²) in [5.41, 5.74) is 0. The minimum atomic E-state index is -4.30. The summed E-state index contributed by atoms with van der Waals surface area (Å²) in [4.78, 5) is 17.3. The number of rotatable bonds is 6. The molecule has 0 rings (SSSR count). The van der Waals surface area contributed by atoms with E-state index in [0.717, 1.165) is 6.42 Å². The van der Waals surface area contributed by atoms with Crippen LogP contribution >= 0.6 is 7.82 Å². The minimum absolute atomic E-state index is 0.170. The van der Waals surface area contributed by atoms with E-state index in [-0.39, 0.29) is 6.61 Å². The summed E-state index contributed by atoms with van der Waals surface area (Å²) in [5, 5.41) is 0.617. The quantitative estimate of drug-likeness (QED) is 0.581. The molecule has 0 aliphatic rings. The Balaban J connectivity index is 4.43. The molecule has 2 N–H and O–H groups in total. The van der Waals surface area contributed by atoms with Crippen LogP contribution in [0, 0.1) is 0 Å². The summed E-state index contributed by atoms with van der Waals surface area (Å²) in [7, 11) is -6.87. The summed E-state index contributed by atoms with van der Waals surface area (Å²) in [6, 6.07) is 0. The Labute approximate surface area is 101 Å². The number of hydrogen-bond donors (Lipinski definition) is 2. The zero-order chi connectivity index (χ0) is 13.2. The van der Waals surface area contributed by atoms with Gasteiger partial charge >= 0.3 is 7.82 Å². The molecule has 0 saturated heterocycles. The zero-order valence-corrected chi connectivity index (χ0v) is 14.0. The molecular formula is C9H25O4PSi2. The van der Waals surface area contributed by atoms with E-state index in [0.29, 0.717) is 5.16 Å². The molecule has 0 radical (unpaired) electrons. The molecule has 0 amide bonds. The van der Waals surface area contributed by atoms with Crippen molar-refractivity contribution in [3.05, 3.63) is 0 Å². The SMILES string of the molecule is C[Si](C)(C)C(CCOP(=O)(O)O)[Si](C)(C)C. The highest BCUT2D eigenvalue weighted by atomic mass is 31.2. The van der Waals surface area contributed by atoms with Crippen LogP contribution in [0.15, 0.2) is 0 Å². The van der Waals surface area contributed by atoms with Gasteiger partial charge in [0.05, 0.1) is 6.61 Å². The van der Waals surface area contributed by atoms with Gasteiger partial charge in [-0.2, -0.15) is 0 Å². The van der Waals surface area contributed by atoms with Gasteiger partial charge in [0.15, 0.2) is 0 Å². The van der Waals surface area contributed by atoms with E-state index in [1.807, 2.05) is 0 Å². The number of phosphoric acid groups is 1. The number of hydrogen-bond acceptors (Lipinski definition) is 2. The van der Waals surface area contributed by atoms with Crippen LogP contribution < -0.4 is 0 Å². The lowest BCUT2D eigenvalue weighted by atomic mass is 10.5. The smallest absolute Gasteiger partial charge is 0.303 e. The van der Waals surface area contributed by atoms with Crippen molar-refractivity contribution < 1.29 is 18.9 Å². The van der Waals surface area contributed by atoms with Crippen LogP contribution in [0.25, 0.3) is 0 Å². The second kappa shape index (κ2) is 5.46. The van der Waals surface area contributed by atoms with Crippen LogP contribution in [0.3, 0.4) is 0 Å². The Morgan fingerprint density at radius 3 is 1.69 bits per heavy atom. The maximum Gasteiger partial charge on any atom is 0.469 e. The first-order valence-corrected chi connectivity index (χ1v) is 14.2. The Kier molecular flexibility index (Phi) is 5.64. The van der Waals surface area contributed by atoms with E-state index < -0.39 is 24.0 Å². The average molecular weight is 284 g/mol. The average Bonchev–Trinajstić information content (AvgIpc) is 1.90. The van der Waals surface area contributed by atoms with E-state index in [2.05, 4.69) is 43.8 Å². The standard InChI is InChI=1S/C9H25O4PSi2/c1-15(2,3)9(16(4,5)6)7-8-13-14(10,11)12/h9H,7-8H2,1-6H3,(H2,10,11,12). The Hall–Kier alpha value is 0.544. The van der Waals surface area contributed by atoms with E-state index in [1.165, 1.54) is 0 Å². The van der Waals surface area contributed by atoms with Crippen molar-refractivity contribution >= 4 is 24.0 Å². The molecule has 0 aromatic carbocycles. The first-order chi connectivity index (χ1) is 6.84. The molecule has 0 saturated carbocycles. The van der Waals surface area contributed by atoms with Gasteiger partial charge in [-0.25, -0.2) is 4.57 Å². The van der Waals surface area contributed by atoms with Crippen LogP contribution in [-0.4, -0.2) is 32.5 Å². The van der Waals surface area contributed by atoms with Gasteiger partial charge in [0, 0.05) is 16.1 Å². The highest BCUT2D eigenvalue weighted by molar-refractivity contribution is 7.46. The lowest BCUT2D eigenvalue weighted by molar-refractivity contribution is 0.196. The highest BCUT2D eigenvalue weighted by Crippen LogP contribution is 2.39. The zero-order valence-electron chi connectivity index (χ0n) is 11.1. The predicted octanol–water partition coefficient (Wildman–Crippen LogP) is 3.07. The van der Waals surface area contributed by atoms with Crippen LogP contribution in [0.4, 0.5) is 0 Å². The van der Waals surface area contributed by atoms with Gasteiger partial charge in [-0.3, -0.25) is 4.52 Å². The molecule has 0 bridgehead atoms. The van der Waals surface area contributed by atoms with E-state index >= 15 is 0 Å². The first kappa shape index (κ1) is 16.5. The van der Waals surface area contributed by atoms with Gasteiger partial charge < -0.3 is 9.79 Å². The number of phosphoric ester groups is 1. The molecule has 7 heteroatoms. The largest absolute Gasteiger partial charge is 0.469 e. The van der Waals surface area contributed by atoms with Crippen LogP contribution in [0.5, 0.6) is 0 Å². The van der Waals surface area contributed by atoms with Crippen molar-refractivity contribution in [2.45, 2.75) is 50.9 Å². The van der Waals surface area contributed by atoms with E-state index in [1.54, 1.807) is 0 Å². The molecule has 4 nitrogen and oxygen atoms in total. The summed E-state index contributed by atoms with van der Waals surface area (Å²) < 4.78 is 15.2. The highest BCUT2D eigenvalue weighted by Gasteiger charge is 2.37. The lowest BCUT2D eigenvalue weighted by Gasteiger charge is -2.38. The van der Waals surface area contributed by atoms with Gasteiger partial charge in [-0.05, 0) is 11.6 Å². The fourth-order valence-electron chi connectivity index (χ4n) is 2.45. The maximum absolute atomic E-state index is 10.6. The van der Waals surface area contributed by atoms with Gasteiger partial charge in [0.25, 0.3) is 0 Å². The predicted molar refractivity (Wildman–Crippen MR) is 73.1 cm³/mol. The fourth-order valence-corrected chi connectivity index (χ4v) is 15.2. The Morgan fingerprint density at radius 1 is 1.06 bits per heavy atom. The Morgan fingerprint density at radius 2 is 1.44 bits per heavy atom. The molecule has 0 spiro atoms. The fraction of sp³-hybridized carbons (Fsp3) is 1.00. The van der Waals surface area contributed by atoms with E-state index in [9.17, 15) is 4.57 Å². The molecule has 0 aliphatic carbocycles. The van der Waals surface area contributed by atoms with Crippen LogP contribution in [0.1, 0.15) is 6.42 Å². The monoisotopic (exact) mass is 284 g/mol. The van der Waals surface area contributed by atoms with Gasteiger partial charge in [-0.15, -0.1) is 0 Å². The van der Waals surface area contributed by atoms with Crippen molar-refractivity contribution in [2.75, 3.05) is 6.61 Å². The van der Waals surface area contributed by atoms with Crippen molar-refractivity contribution in [1.82, 2.24) is 0 Å². The van der Waals surface area contributed by atoms with Crippen LogP contribution in [-0.2, 0) is 9.09 Å². The summed E-state index contributed by atoms with van der Waals surface area (Å²) in [6.07, 6.45) is 0.774. The van der Waals surface area contributed by atoms with Gasteiger partial charge in [-0.1, -0.05) is 39.3 Å². The lowest BCUT2D eigenvalue weighted by Crippen LogP contribution is -2.44. The molecule has 0 heterocycles. The van der Waals surface area contributed by atoms with Gasteiger partial charge in [0.2, 0.25) is 0 Å². The molecule has 0 unspecified atom stereocenters. The third-order valence-corrected chi connectivity index (χ3v) is 13.2. The molecule has 0 aromatic heterocycles. The molecule has 0 fully saturated rings. The molecule has 16 heavy (non-hydrogen) atoms. The third kappa shape index (κ3) is 6.98. The third-order valence-electron chi connectivity index (χ3n) is 2.76. The molecule has 0 aromatic rings. The second-order valence-corrected chi connectivity index (χ2v) is 19.1. The molecular weight excluding hydrogens is 259 g/mol. The van der Waals surface area contributed by atoms with Crippen molar-refractivity contribution in [2.24, 2.45) is 0 Å². The Bertz CT molecular complexity index is 250. The van der Waals surface area contributed by atoms with Gasteiger partial charge in [0.1, 0.15) is 0 Å². The van der Waals surface area contributed by atoms with Crippen molar-refractivity contribution in [1.29, 1.82) is 0 Å². The summed E-state index contributed by atoms with van der Waals surface area (Å²) >= 11 is 0. The summed E-state index contributed by atoms with van der Waals surface area (Å²) in [5.74, 6) is 0. The van der Waals surface area contributed by atoms with Crippen molar-refractivity contribution in [3.63, 3.8) is 0 Å².